The number of benzene rings is 1. The Labute approximate surface area is 103 Å². The number of ether oxygens (including phenoxy) is 1. The molecule has 3 N–H and O–H groups in total. The lowest BCUT2D eigenvalue weighted by atomic mass is 9.90. The van der Waals surface area contributed by atoms with E-state index >= 15 is 0 Å². The zero-order chi connectivity index (χ0) is 13.2. The second kappa shape index (κ2) is 4.48. The van der Waals surface area contributed by atoms with Crippen molar-refractivity contribution in [1.82, 2.24) is 5.32 Å². The largest absolute Gasteiger partial charge is 0.444 e. The fraction of sp³-hybridized carbons (Fsp3) is 0.250. The van der Waals surface area contributed by atoms with Crippen LogP contribution in [-0.4, -0.2) is 17.9 Å². The van der Waals surface area contributed by atoms with Gasteiger partial charge < -0.3 is 10.5 Å². The molecule has 1 unspecified atom stereocenters. The highest BCUT2D eigenvalue weighted by molar-refractivity contribution is 6.00. The van der Waals surface area contributed by atoms with E-state index < -0.39 is 23.5 Å². The molecule has 1 saturated heterocycles. The van der Waals surface area contributed by atoms with E-state index in [-0.39, 0.29) is 12.8 Å². The predicted molar refractivity (Wildman–Crippen MR) is 61.2 cm³/mol. The molecule has 1 aromatic rings. The molecule has 0 aliphatic carbocycles. The number of imide groups is 1. The van der Waals surface area contributed by atoms with E-state index in [4.69, 9.17) is 10.5 Å². The Kier molecular flexibility index (Phi) is 3.01. The number of nitrogens with one attached hydrogen (secondary N) is 1. The SMILES string of the molecule is NC(=O)NC(=O)C1(c2ccccc2)CCC(=O)O1. The molecular weight excluding hydrogens is 236 g/mol. The van der Waals surface area contributed by atoms with Crippen molar-refractivity contribution < 1.29 is 19.1 Å². The number of nitrogens with two attached hydrogens (primary N) is 1. The second-order valence-corrected chi connectivity index (χ2v) is 3.99. The van der Waals surface area contributed by atoms with Crippen LogP contribution in [0.2, 0.25) is 0 Å². The molecule has 3 amide bonds. The first kappa shape index (κ1) is 12.1. The molecule has 0 spiro atoms. The maximum Gasteiger partial charge on any atom is 0.318 e. The summed E-state index contributed by atoms with van der Waals surface area (Å²) in [7, 11) is 0. The van der Waals surface area contributed by atoms with Gasteiger partial charge >= 0.3 is 12.0 Å². The van der Waals surface area contributed by atoms with Gasteiger partial charge in [-0.15, -0.1) is 0 Å². The van der Waals surface area contributed by atoms with Crippen molar-refractivity contribution in [2.24, 2.45) is 5.73 Å². The maximum absolute atomic E-state index is 12.0. The number of esters is 1. The van der Waals surface area contributed by atoms with Crippen LogP contribution in [0.15, 0.2) is 30.3 Å². The quantitative estimate of drug-likeness (QED) is 0.740. The van der Waals surface area contributed by atoms with Crippen molar-refractivity contribution in [2.45, 2.75) is 18.4 Å². The molecule has 1 aliphatic heterocycles. The van der Waals surface area contributed by atoms with Crippen molar-refractivity contribution >= 4 is 17.9 Å². The summed E-state index contributed by atoms with van der Waals surface area (Å²) in [6.07, 6.45) is 0.316. The van der Waals surface area contributed by atoms with Gasteiger partial charge in [-0.05, 0) is 0 Å². The van der Waals surface area contributed by atoms with Gasteiger partial charge in [0.2, 0.25) is 5.60 Å². The third kappa shape index (κ3) is 2.04. The highest BCUT2D eigenvalue weighted by Crippen LogP contribution is 2.37. The van der Waals surface area contributed by atoms with Gasteiger partial charge in [0, 0.05) is 12.0 Å². The highest BCUT2D eigenvalue weighted by Gasteiger charge is 2.49. The Hall–Kier alpha value is -2.37. The summed E-state index contributed by atoms with van der Waals surface area (Å²) in [4.78, 5) is 34.1. The van der Waals surface area contributed by atoms with E-state index in [1.165, 1.54) is 0 Å². The lowest BCUT2D eigenvalue weighted by Gasteiger charge is -2.25. The Bertz CT molecular complexity index is 500. The first-order valence-corrected chi connectivity index (χ1v) is 5.43. The van der Waals surface area contributed by atoms with Gasteiger partial charge in [-0.25, -0.2) is 4.79 Å². The molecule has 1 heterocycles. The van der Waals surface area contributed by atoms with Crippen LogP contribution in [0.3, 0.4) is 0 Å². The smallest absolute Gasteiger partial charge is 0.318 e. The molecule has 1 fully saturated rings. The van der Waals surface area contributed by atoms with Gasteiger partial charge in [-0.1, -0.05) is 30.3 Å². The maximum atomic E-state index is 12.0. The number of hydrogen-bond acceptors (Lipinski definition) is 4. The number of carbonyl (C=O) groups excluding carboxylic acids is 3. The van der Waals surface area contributed by atoms with Gasteiger partial charge in [-0.2, -0.15) is 0 Å². The van der Waals surface area contributed by atoms with Crippen LogP contribution in [0.25, 0.3) is 0 Å². The molecule has 1 aromatic carbocycles. The molecular formula is C12H12N2O4. The zero-order valence-corrected chi connectivity index (χ0v) is 9.51. The van der Waals surface area contributed by atoms with Gasteiger partial charge in [0.05, 0.1) is 6.42 Å². The van der Waals surface area contributed by atoms with Crippen LogP contribution in [0.5, 0.6) is 0 Å². The summed E-state index contributed by atoms with van der Waals surface area (Å²) in [5.41, 5.74) is 3.99. The molecule has 6 heteroatoms. The lowest BCUT2D eigenvalue weighted by molar-refractivity contribution is -0.159. The molecule has 1 atom stereocenters. The number of rotatable bonds is 2. The second-order valence-electron chi connectivity index (χ2n) is 3.99. The molecule has 0 radical (unpaired) electrons. The summed E-state index contributed by atoms with van der Waals surface area (Å²) in [6, 6.07) is 7.58. The number of cyclic esters (lactones) is 1. The minimum absolute atomic E-state index is 0.126. The van der Waals surface area contributed by atoms with Gasteiger partial charge in [0.15, 0.2) is 0 Å². The fourth-order valence-electron chi connectivity index (χ4n) is 1.99. The molecule has 0 bridgehead atoms. The lowest BCUT2D eigenvalue weighted by Crippen LogP contribution is -2.48. The van der Waals surface area contributed by atoms with Crippen molar-refractivity contribution in [3.8, 4) is 0 Å². The molecule has 18 heavy (non-hydrogen) atoms. The summed E-state index contributed by atoms with van der Waals surface area (Å²) in [5, 5.41) is 1.97. The number of primary amides is 1. The van der Waals surface area contributed by atoms with Crippen LogP contribution < -0.4 is 11.1 Å². The van der Waals surface area contributed by atoms with Crippen molar-refractivity contribution in [1.29, 1.82) is 0 Å². The monoisotopic (exact) mass is 248 g/mol. The minimum atomic E-state index is -1.45. The first-order chi connectivity index (χ1) is 8.54. The summed E-state index contributed by atoms with van der Waals surface area (Å²) < 4.78 is 5.14. The third-order valence-electron chi connectivity index (χ3n) is 2.81. The average Bonchev–Trinajstić information content (AvgIpc) is 2.73. The fourth-order valence-corrected chi connectivity index (χ4v) is 1.99. The third-order valence-corrected chi connectivity index (χ3v) is 2.81. The van der Waals surface area contributed by atoms with E-state index in [1.807, 2.05) is 5.32 Å². The van der Waals surface area contributed by atoms with E-state index in [0.29, 0.717) is 5.56 Å². The number of urea groups is 1. The molecule has 2 rings (SSSR count). The summed E-state index contributed by atoms with van der Waals surface area (Å²) >= 11 is 0. The Balaban J connectivity index is 2.39. The average molecular weight is 248 g/mol. The summed E-state index contributed by atoms with van der Waals surface area (Å²) in [6.45, 7) is 0. The molecule has 0 aromatic heterocycles. The molecule has 0 saturated carbocycles. The number of amides is 3. The van der Waals surface area contributed by atoms with Gasteiger partial charge in [0.1, 0.15) is 0 Å². The Morgan fingerprint density at radius 2 is 1.94 bits per heavy atom. The van der Waals surface area contributed by atoms with Crippen LogP contribution >= 0.6 is 0 Å². The van der Waals surface area contributed by atoms with Crippen LogP contribution in [0.1, 0.15) is 18.4 Å². The highest BCUT2D eigenvalue weighted by atomic mass is 16.6. The van der Waals surface area contributed by atoms with E-state index in [2.05, 4.69) is 0 Å². The van der Waals surface area contributed by atoms with Crippen molar-refractivity contribution in [3.63, 3.8) is 0 Å². The van der Waals surface area contributed by atoms with E-state index in [1.54, 1.807) is 30.3 Å². The predicted octanol–water partition coefficient (Wildman–Crippen LogP) is 0.414. The zero-order valence-electron chi connectivity index (χ0n) is 9.51. The number of carbonyl (C=O) groups is 3. The molecule has 94 valence electrons. The van der Waals surface area contributed by atoms with E-state index in [0.717, 1.165) is 0 Å². The first-order valence-electron chi connectivity index (χ1n) is 5.43. The van der Waals surface area contributed by atoms with Crippen LogP contribution in [0, 0.1) is 0 Å². The molecule has 6 nitrogen and oxygen atoms in total. The van der Waals surface area contributed by atoms with Gasteiger partial charge in [0.25, 0.3) is 5.91 Å². The standard InChI is InChI=1S/C12H12N2O4/c13-11(17)14-10(16)12(7-6-9(15)18-12)8-4-2-1-3-5-8/h1-5H,6-7H2,(H3,13,14,16,17). The number of hydrogen-bond donors (Lipinski definition) is 2. The van der Waals surface area contributed by atoms with E-state index in [9.17, 15) is 14.4 Å². The van der Waals surface area contributed by atoms with Crippen molar-refractivity contribution in [2.75, 3.05) is 0 Å². The normalized spacial score (nSPS) is 22.3. The van der Waals surface area contributed by atoms with Crippen LogP contribution in [-0.2, 0) is 19.9 Å². The molecule has 1 aliphatic rings. The Morgan fingerprint density at radius 1 is 1.28 bits per heavy atom. The van der Waals surface area contributed by atoms with Gasteiger partial charge in [-0.3, -0.25) is 14.9 Å². The van der Waals surface area contributed by atoms with Crippen molar-refractivity contribution in [3.05, 3.63) is 35.9 Å². The minimum Gasteiger partial charge on any atom is -0.444 e. The Morgan fingerprint density at radius 3 is 2.44 bits per heavy atom. The van der Waals surface area contributed by atoms with Crippen LogP contribution in [0.4, 0.5) is 4.79 Å². The summed E-state index contributed by atoms with van der Waals surface area (Å²) in [5.74, 6) is -1.19. The topological polar surface area (TPSA) is 98.5 Å².